The van der Waals surface area contributed by atoms with Crippen molar-refractivity contribution in [3.05, 3.63) is 24.3 Å². The van der Waals surface area contributed by atoms with Gasteiger partial charge in [0.15, 0.2) is 0 Å². The van der Waals surface area contributed by atoms with Gasteiger partial charge < -0.3 is 21.3 Å². The zero-order chi connectivity index (χ0) is 13.7. The summed E-state index contributed by atoms with van der Waals surface area (Å²) in [6.45, 7) is 1.80. The minimum Gasteiger partial charge on any atom is -0.399 e. The van der Waals surface area contributed by atoms with Gasteiger partial charge >= 0.3 is 6.03 Å². The van der Waals surface area contributed by atoms with Crippen LogP contribution in [-0.2, 0) is 0 Å². The number of likely N-dealkylation sites (N-methyl/N-ethyl adjacent to an activating group) is 1. The number of carbonyl (C=O) groups is 1. The number of amides is 2. The lowest BCUT2D eigenvalue weighted by molar-refractivity contribution is 0.182. The molecule has 0 radical (unpaired) electrons. The average Bonchev–Trinajstić information content (AvgIpc) is 2.38. The lowest BCUT2D eigenvalue weighted by Crippen LogP contribution is -2.45. The van der Waals surface area contributed by atoms with E-state index in [0.29, 0.717) is 18.3 Å². The molecule has 1 unspecified atom stereocenters. The third-order valence-electron chi connectivity index (χ3n) is 3.56. The molecule has 19 heavy (non-hydrogen) atoms. The van der Waals surface area contributed by atoms with E-state index in [-0.39, 0.29) is 6.03 Å². The minimum absolute atomic E-state index is 0.176. The molecule has 1 fully saturated rings. The largest absolute Gasteiger partial charge is 0.399 e. The summed E-state index contributed by atoms with van der Waals surface area (Å²) in [7, 11) is 2.11. The normalized spacial score (nSPS) is 19.9. The first kappa shape index (κ1) is 13.7. The standard InChI is InChI=1S/C14H22N4O/c1-18-8-3-2-7-13(18)10-16-14(19)17-12-6-4-5-11(15)9-12/h4-6,9,13H,2-3,7-8,10,15H2,1H3,(H2,16,17,19). The van der Waals surface area contributed by atoms with Gasteiger partial charge in [0.05, 0.1) is 0 Å². The highest BCUT2D eigenvalue weighted by molar-refractivity contribution is 5.89. The van der Waals surface area contributed by atoms with Gasteiger partial charge in [0.2, 0.25) is 0 Å². The van der Waals surface area contributed by atoms with Gasteiger partial charge in [-0.25, -0.2) is 4.79 Å². The number of nitrogens with one attached hydrogen (secondary N) is 2. The van der Waals surface area contributed by atoms with Crippen LogP contribution in [0.4, 0.5) is 16.2 Å². The van der Waals surface area contributed by atoms with E-state index in [2.05, 4.69) is 22.6 Å². The number of carbonyl (C=O) groups excluding carboxylic acids is 1. The smallest absolute Gasteiger partial charge is 0.319 e. The Morgan fingerprint density at radius 2 is 2.32 bits per heavy atom. The van der Waals surface area contributed by atoms with Crippen LogP contribution >= 0.6 is 0 Å². The molecule has 0 aliphatic carbocycles. The predicted octanol–water partition coefficient (Wildman–Crippen LogP) is 1.87. The summed E-state index contributed by atoms with van der Waals surface area (Å²) >= 11 is 0. The molecule has 0 spiro atoms. The van der Waals surface area contributed by atoms with Gasteiger partial charge in [0.25, 0.3) is 0 Å². The zero-order valence-corrected chi connectivity index (χ0v) is 11.4. The molecule has 1 saturated heterocycles. The molecule has 1 aromatic carbocycles. The van der Waals surface area contributed by atoms with Crippen LogP contribution in [0.25, 0.3) is 0 Å². The van der Waals surface area contributed by atoms with Crippen molar-refractivity contribution in [3.63, 3.8) is 0 Å². The number of nitrogens with zero attached hydrogens (tertiary/aromatic N) is 1. The van der Waals surface area contributed by atoms with Crippen molar-refractivity contribution in [1.82, 2.24) is 10.2 Å². The number of urea groups is 1. The van der Waals surface area contributed by atoms with Gasteiger partial charge in [-0.15, -0.1) is 0 Å². The number of hydrogen-bond donors (Lipinski definition) is 3. The highest BCUT2D eigenvalue weighted by atomic mass is 16.2. The molecule has 5 nitrogen and oxygen atoms in total. The summed E-state index contributed by atoms with van der Waals surface area (Å²) in [6.07, 6.45) is 3.64. The number of nitrogen functional groups attached to an aromatic ring is 1. The molecule has 1 aliphatic heterocycles. The summed E-state index contributed by atoms with van der Waals surface area (Å²) in [4.78, 5) is 14.1. The first-order valence-electron chi connectivity index (χ1n) is 6.76. The van der Waals surface area contributed by atoms with Crippen molar-refractivity contribution in [2.75, 3.05) is 31.2 Å². The topological polar surface area (TPSA) is 70.4 Å². The summed E-state index contributed by atoms with van der Waals surface area (Å²) in [6, 6.07) is 7.44. The summed E-state index contributed by atoms with van der Waals surface area (Å²) < 4.78 is 0. The molecule has 4 N–H and O–H groups in total. The SMILES string of the molecule is CN1CCCCC1CNC(=O)Nc1cccc(N)c1. The fraction of sp³-hybridized carbons (Fsp3) is 0.500. The quantitative estimate of drug-likeness (QED) is 0.728. The van der Waals surface area contributed by atoms with Crippen molar-refractivity contribution in [2.45, 2.75) is 25.3 Å². The average molecular weight is 262 g/mol. The van der Waals surface area contributed by atoms with Crippen LogP contribution in [0, 0.1) is 0 Å². The lowest BCUT2D eigenvalue weighted by Gasteiger charge is -2.32. The van der Waals surface area contributed by atoms with Crippen LogP contribution in [0.3, 0.4) is 0 Å². The van der Waals surface area contributed by atoms with Crippen molar-refractivity contribution >= 4 is 17.4 Å². The summed E-state index contributed by atoms with van der Waals surface area (Å²) in [5.41, 5.74) is 7.03. The molecule has 0 saturated carbocycles. The molecule has 0 aromatic heterocycles. The maximum absolute atomic E-state index is 11.8. The van der Waals surface area contributed by atoms with E-state index in [1.54, 1.807) is 12.1 Å². The number of likely N-dealkylation sites (tertiary alicyclic amines) is 1. The van der Waals surface area contributed by atoms with Gasteiger partial charge in [0, 0.05) is 24.0 Å². The highest BCUT2D eigenvalue weighted by Gasteiger charge is 2.19. The first-order chi connectivity index (χ1) is 9.15. The Kier molecular flexibility index (Phi) is 4.63. The van der Waals surface area contributed by atoms with E-state index in [1.807, 2.05) is 12.1 Å². The summed E-state index contributed by atoms with van der Waals surface area (Å²) in [5.74, 6) is 0. The summed E-state index contributed by atoms with van der Waals surface area (Å²) in [5, 5.41) is 5.71. The van der Waals surface area contributed by atoms with Gasteiger partial charge in [-0.05, 0) is 44.6 Å². The second kappa shape index (κ2) is 6.43. The van der Waals surface area contributed by atoms with Gasteiger partial charge in [0.1, 0.15) is 0 Å². The van der Waals surface area contributed by atoms with Crippen LogP contribution in [0.15, 0.2) is 24.3 Å². The van der Waals surface area contributed by atoms with E-state index < -0.39 is 0 Å². The maximum atomic E-state index is 11.8. The molecule has 1 aromatic rings. The number of piperidine rings is 1. The van der Waals surface area contributed by atoms with Crippen molar-refractivity contribution in [1.29, 1.82) is 0 Å². The van der Waals surface area contributed by atoms with Crippen LogP contribution in [0.1, 0.15) is 19.3 Å². The molecule has 0 bridgehead atoms. The number of anilines is 2. The number of rotatable bonds is 3. The third-order valence-corrected chi connectivity index (χ3v) is 3.56. The van der Waals surface area contributed by atoms with Crippen LogP contribution < -0.4 is 16.4 Å². The number of hydrogen-bond acceptors (Lipinski definition) is 3. The zero-order valence-electron chi connectivity index (χ0n) is 11.4. The Labute approximate surface area is 114 Å². The Morgan fingerprint density at radius 1 is 1.47 bits per heavy atom. The molecule has 1 atom stereocenters. The lowest BCUT2D eigenvalue weighted by atomic mass is 10.0. The molecule has 5 heteroatoms. The molecule has 1 aliphatic rings. The maximum Gasteiger partial charge on any atom is 0.319 e. The van der Waals surface area contributed by atoms with Crippen molar-refractivity contribution < 1.29 is 4.79 Å². The minimum atomic E-state index is -0.176. The Balaban J connectivity index is 1.78. The van der Waals surface area contributed by atoms with Crippen LogP contribution in [0.5, 0.6) is 0 Å². The highest BCUT2D eigenvalue weighted by Crippen LogP contribution is 2.14. The monoisotopic (exact) mass is 262 g/mol. The Hall–Kier alpha value is -1.75. The Bertz CT molecular complexity index is 435. The fourth-order valence-corrected chi connectivity index (χ4v) is 2.40. The molecular formula is C14H22N4O. The van der Waals surface area contributed by atoms with Crippen molar-refractivity contribution in [2.24, 2.45) is 0 Å². The van der Waals surface area contributed by atoms with E-state index in [1.165, 1.54) is 12.8 Å². The first-order valence-corrected chi connectivity index (χ1v) is 6.76. The van der Waals surface area contributed by atoms with E-state index in [9.17, 15) is 4.79 Å². The van der Waals surface area contributed by atoms with Gasteiger partial charge in [-0.1, -0.05) is 12.5 Å². The molecule has 2 amide bonds. The molecular weight excluding hydrogens is 240 g/mol. The van der Waals surface area contributed by atoms with Gasteiger partial charge in [-0.2, -0.15) is 0 Å². The Morgan fingerprint density at radius 3 is 3.05 bits per heavy atom. The predicted molar refractivity (Wildman–Crippen MR) is 78.1 cm³/mol. The van der Waals surface area contributed by atoms with E-state index in [4.69, 9.17) is 5.73 Å². The second-order valence-electron chi connectivity index (χ2n) is 5.09. The number of nitrogens with two attached hydrogens (primary N) is 1. The van der Waals surface area contributed by atoms with E-state index in [0.717, 1.165) is 18.7 Å². The van der Waals surface area contributed by atoms with E-state index >= 15 is 0 Å². The fourth-order valence-electron chi connectivity index (χ4n) is 2.40. The molecule has 104 valence electrons. The number of benzene rings is 1. The van der Waals surface area contributed by atoms with Crippen molar-refractivity contribution in [3.8, 4) is 0 Å². The second-order valence-corrected chi connectivity index (χ2v) is 5.09. The molecule has 1 heterocycles. The van der Waals surface area contributed by atoms with Crippen LogP contribution in [0.2, 0.25) is 0 Å². The third kappa shape index (κ3) is 4.13. The van der Waals surface area contributed by atoms with Gasteiger partial charge in [-0.3, -0.25) is 0 Å². The molecule has 2 rings (SSSR count). The van der Waals surface area contributed by atoms with Crippen LogP contribution in [-0.4, -0.2) is 37.1 Å².